The van der Waals surface area contributed by atoms with Crippen LogP contribution in [0.1, 0.15) is 21.5 Å². The number of benzene rings is 1. The molecule has 18 heavy (non-hydrogen) atoms. The first kappa shape index (κ1) is 12.3. The van der Waals surface area contributed by atoms with Gasteiger partial charge in [-0.2, -0.15) is 0 Å². The molecule has 0 unspecified atom stereocenters. The summed E-state index contributed by atoms with van der Waals surface area (Å²) in [5.74, 6) is 0.0179. The standard InChI is InChI=1S/C15H16N2O/c1-11-7-8-16-10-14(11)15(18)12-5-4-6-13(9-12)17(2)3/h4-10H,1-3H3. The summed E-state index contributed by atoms with van der Waals surface area (Å²) in [7, 11) is 3.91. The molecule has 0 aliphatic heterocycles. The number of carbonyl (C=O) groups excluding carboxylic acids is 1. The number of rotatable bonds is 3. The van der Waals surface area contributed by atoms with E-state index in [1.54, 1.807) is 12.4 Å². The quantitative estimate of drug-likeness (QED) is 0.773. The van der Waals surface area contributed by atoms with Crippen LogP contribution in [0.5, 0.6) is 0 Å². The van der Waals surface area contributed by atoms with Crippen molar-refractivity contribution < 1.29 is 4.79 Å². The zero-order valence-corrected chi connectivity index (χ0v) is 10.8. The van der Waals surface area contributed by atoms with Gasteiger partial charge in [-0.15, -0.1) is 0 Å². The van der Waals surface area contributed by atoms with Crippen molar-refractivity contribution in [2.24, 2.45) is 0 Å². The fourth-order valence-electron chi connectivity index (χ4n) is 1.78. The van der Waals surface area contributed by atoms with Crippen molar-refractivity contribution in [1.82, 2.24) is 4.98 Å². The van der Waals surface area contributed by atoms with Crippen LogP contribution in [0.25, 0.3) is 0 Å². The molecular weight excluding hydrogens is 224 g/mol. The first-order valence-corrected chi connectivity index (χ1v) is 5.82. The van der Waals surface area contributed by atoms with E-state index in [1.807, 2.05) is 56.3 Å². The lowest BCUT2D eigenvalue weighted by atomic mass is 10.0. The van der Waals surface area contributed by atoms with Gasteiger partial charge < -0.3 is 4.90 Å². The highest BCUT2D eigenvalue weighted by molar-refractivity contribution is 6.10. The van der Waals surface area contributed by atoms with Crippen molar-refractivity contribution in [2.45, 2.75) is 6.92 Å². The van der Waals surface area contributed by atoms with Gasteiger partial charge in [-0.3, -0.25) is 9.78 Å². The predicted molar refractivity (Wildman–Crippen MR) is 73.2 cm³/mol. The molecule has 2 aromatic rings. The Kier molecular flexibility index (Phi) is 3.42. The number of aromatic nitrogens is 1. The van der Waals surface area contributed by atoms with Crippen molar-refractivity contribution in [3.8, 4) is 0 Å². The summed E-state index contributed by atoms with van der Waals surface area (Å²) in [5.41, 5.74) is 3.32. The minimum Gasteiger partial charge on any atom is -0.378 e. The Balaban J connectivity index is 2.41. The maximum atomic E-state index is 12.4. The largest absolute Gasteiger partial charge is 0.378 e. The lowest BCUT2D eigenvalue weighted by molar-refractivity contribution is 0.103. The van der Waals surface area contributed by atoms with Crippen molar-refractivity contribution in [3.05, 3.63) is 59.4 Å². The molecule has 3 nitrogen and oxygen atoms in total. The highest BCUT2D eigenvalue weighted by atomic mass is 16.1. The molecule has 92 valence electrons. The molecule has 0 bridgehead atoms. The second-order valence-corrected chi connectivity index (χ2v) is 4.46. The van der Waals surface area contributed by atoms with E-state index in [0.29, 0.717) is 11.1 Å². The second kappa shape index (κ2) is 5.00. The molecule has 2 rings (SSSR count). The SMILES string of the molecule is Cc1ccncc1C(=O)c1cccc(N(C)C)c1. The van der Waals surface area contributed by atoms with Crippen molar-refractivity contribution in [2.75, 3.05) is 19.0 Å². The molecule has 0 spiro atoms. The molecule has 0 radical (unpaired) electrons. The van der Waals surface area contributed by atoms with Gasteiger partial charge >= 0.3 is 0 Å². The van der Waals surface area contributed by atoms with Gasteiger partial charge in [-0.1, -0.05) is 12.1 Å². The van der Waals surface area contributed by atoms with E-state index in [-0.39, 0.29) is 5.78 Å². The van der Waals surface area contributed by atoms with Gasteiger partial charge in [0.15, 0.2) is 5.78 Å². The van der Waals surface area contributed by atoms with Crippen molar-refractivity contribution in [1.29, 1.82) is 0 Å². The van der Waals surface area contributed by atoms with Gasteiger partial charge in [0, 0.05) is 43.3 Å². The number of ketones is 1. The minimum atomic E-state index is 0.0179. The van der Waals surface area contributed by atoms with E-state index in [0.717, 1.165) is 11.3 Å². The van der Waals surface area contributed by atoms with E-state index < -0.39 is 0 Å². The van der Waals surface area contributed by atoms with Crippen LogP contribution in [-0.4, -0.2) is 24.9 Å². The number of anilines is 1. The fourth-order valence-corrected chi connectivity index (χ4v) is 1.78. The zero-order valence-electron chi connectivity index (χ0n) is 10.8. The Hall–Kier alpha value is -2.16. The van der Waals surface area contributed by atoms with Crippen LogP contribution in [0.3, 0.4) is 0 Å². The number of pyridine rings is 1. The fraction of sp³-hybridized carbons (Fsp3) is 0.200. The first-order chi connectivity index (χ1) is 8.59. The Labute approximate surface area is 107 Å². The minimum absolute atomic E-state index is 0.0179. The molecule has 1 aromatic heterocycles. The van der Waals surface area contributed by atoms with Gasteiger partial charge in [0.25, 0.3) is 0 Å². The summed E-state index contributed by atoms with van der Waals surface area (Å²) in [6.45, 7) is 1.92. The monoisotopic (exact) mass is 240 g/mol. The summed E-state index contributed by atoms with van der Waals surface area (Å²) in [6.07, 6.45) is 3.32. The van der Waals surface area contributed by atoms with Crippen LogP contribution in [0.2, 0.25) is 0 Å². The van der Waals surface area contributed by atoms with E-state index >= 15 is 0 Å². The molecule has 0 atom stereocenters. The van der Waals surface area contributed by atoms with Crippen LogP contribution in [-0.2, 0) is 0 Å². The molecular formula is C15H16N2O. The molecule has 1 heterocycles. The highest BCUT2D eigenvalue weighted by Crippen LogP contribution is 2.17. The molecule has 3 heteroatoms. The summed E-state index contributed by atoms with van der Waals surface area (Å²) in [6, 6.07) is 9.46. The molecule has 0 saturated heterocycles. The van der Waals surface area contributed by atoms with Crippen molar-refractivity contribution in [3.63, 3.8) is 0 Å². The maximum absolute atomic E-state index is 12.4. The molecule has 0 saturated carbocycles. The third-order valence-electron chi connectivity index (χ3n) is 2.91. The Morgan fingerprint density at radius 1 is 1.22 bits per heavy atom. The molecule has 0 fully saturated rings. The first-order valence-electron chi connectivity index (χ1n) is 5.82. The number of hydrogen-bond donors (Lipinski definition) is 0. The lowest BCUT2D eigenvalue weighted by Gasteiger charge is -2.13. The van der Waals surface area contributed by atoms with Gasteiger partial charge in [-0.25, -0.2) is 0 Å². The average Bonchev–Trinajstić information content (AvgIpc) is 2.38. The van der Waals surface area contributed by atoms with Crippen LogP contribution >= 0.6 is 0 Å². The normalized spacial score (nSPS) is 10.2. The average molecular weight is 240 g/mol. The molecule has 0 amide bonds. The van der Waals surface area contributed by atoms with Crippen LogP contribution in [0.4, 0.5) is 5.69 Å². The van der Waals surface area contributed by atoms with Gasteiger partial charge in [0.2, 0.25) is 0 Å². The van der Waals surface area contributed by atoms with Crippen LogP contribution in [0.15, 0.2) is 42.7 Å². The molecule has 0 aliphatic rings. The Morgan fingerprint density at radius 3 is 2.67 bits per heavy atom. The van der Waals surface area contributed by atoms with E-state index in [9.17, 15) is 4.79 Å². The third-order valence-corrected chi connectivity index (χ3v) is 2.91. The Morgan fingerprint density at radius 2 is 2.00 bits per heavy atom. The smallest absolute Gasteiger partial charge is 0.194 e. The Bertz CT molecular complexity index is 576. The van der Waals surface area contributed by atoms with Crippen molar-refractivity contribution >= 4 is 11.5 Å². The third kappa shape index (κ3) is 2.40. The number of hydrogen-bond acceptors (Lipinski definition) is 3. The van der Waals surface area contributed by atoms with Gasteiger partial charge in [-0.05, 0) is 30.7 Å². The van der Waals surface area contributed by atoms with Crippen LogP contribution < -0.4 is 4.90 Å². The lowest BCUT2D eigenvalue weighted by Crippen LogP contribution is -2.10. The van der Waals surface area contributed by atoms with Crippen LogP contribution in [0, 0.1) is 6.92 Å². The summed E-state index contributed by atoms with van der Waals surface area (Å²) >= 11 is 0. The molecule has 1 aromatic carbocycles. The topological polar surface area (TPSA) is 33.2 Å². The summed E-state index contributed by atoms with van der Waals surface area (Å²) in [4.78, 5) is 18.4. The predicted octanol–water partition coefficient (Wildman–Crippen LogP) is 2.69. The second-order valence-electron chi connectivity index (χ2n) is 4.46. The van der Waals surface area contributed by atoms with Gasteiger partial charge in [0.1, 0.15) is 0 Å². The molecule has 0 aliphatic carbocycles. The van der Waals surface area contributed by atoms with E-state index in [1.165, 1.54) is 0 Å². The highest BCUT2D eigenvalue weighted by Gasteiger charge is 2.12. The van der Waals surface area contributed by atoms with E-state index in [4.69, 9.17) is 0 Å². The number of carbonyl (C=O) groups is 1. The number of nitrogens with zero attached hydrogens (tertiary/aromatic N) is 2. The van der Waals surface area contributed by atoms with E-state index in [2.05, 4.69) is 4.98 Å². The molecule has 0 N–H and O–H groups in total. The zero-order chi connectivity index (χ0) is 13.1. The number of aryl methyl sites for hydroxylation is 1. The summed E-state index contributed by atoms with van der Waals surface area (Å²) in [5, 5.41) is 0. The van der Waals surface area contributed by atoms with Gasteiger partial charge in [0.05, 0.1) is 0 Å². The summed E-state index contributed by atoms with van der Waals surface area (Å²) < 4.78 is 0. The maximum Gasteiger partial charge on any atom is 0.194 e.